The number of rotatable bonds is 1. The molecular formula is C17H14BrNO2. The first-order valence-electron chi connectivity index (χ1n) is 6.95. The van der Waals surface area contributed by atoms with Gasteiger partial charge in [0.25, 0.3) is 0 Å². The zero-order valence-corrected chi connectivity index (χ0v) is 13.2. The predicted molar refractivity (Wildman–Crippen MR) is 86.0 cm³/mol. The molecule has 4 heteroatoms. The van der Waals surface area contributed by atoms with Crippen molar-refractivity contribution in [2.24, 2.45) is 4.99 Å². The van der Waals surface area contributed by atoms with E-state index in [2.05, 4.69) is 35.0 Å². The number of para-hydroxylation sites is 2. The highest BCUT2D eigenvalue weighted by atomic mass is 79.9. The van der Waals surface area contributed by atoms with Gasteiger partial charge in [0, 0.05) is 10.9 Å². The number of benzene rings is 2. The zero-order chi connectivity index (χ0) is 14.4. The van der Waals surface area contributed by atoms with Crippen LogP contribution in [0, 0.1) is 6.92 Å². The Kier molecular flexibility index (Phi) is 3.00. The molecule has 0 bridgehead atoms. The van der Waals surface area contributed by atoms with Crippen molar-refractivity contribution in [3.63, 3.8) is 0 Å². The number of aryl methyl sites for hydroxylation is 1. The highest BCUT2D eigenvalue weighted by molar-refractivity contribution is 9.10. The zero-order valence-electron chi connectivity index (χ0n) is 11.6. The normalized spacial score (nSPS) is 19.1. The summed E-state index contributed by atoms with van der Waals surface area (Å²) < 4.78 is 12.9. The molecule has 4 rings (SSSR count). The lowest BCUT2D eigenvalue weighted by Gasteiger charge is -2.26. The molecule has 21 heavy (non-hydrogen) atoms. The third kappa shape index (κ3) is 2.23. The minimum atomic E-state index is -0.105. The van der Waals surface area contributed by atoms with Gasteiger partial charge in [-0.1, -0.05) is 34.1 Å². The number of ether oxygens (including phenoxy) is 2. The Balaban J connectivity index is 1.61. The molecule has 3 nitrogen and oxygen atoms in total. The van der Waals surface area contributed by atoms with Gasteiger partial charge in [0.05, 0.1) is 11.4 Å². The highest BCUT2D eigenvalue weighted by Gasteiger charge is 2.29. The van der Waals surface area contributed by atoms with E-state index in [-0.39, 0.29) is 6.10 Å². The van der Waals surface area contributed by atoms with E-state index in [1.54, 1.807) is 0 Å². The Labute approximate surface area is 131 Å². The Morgan fingerprint density at radius 2 is 2.00 bits per heavy atom. The summed E-state index contributed by atoms with van der Waals surface area (Å²) in [6.07, 6.45) is 0.728. The lowest BCUT2D eigenvalue weighted by Crippen LogP contribution is -2.36. The predicted octanol–water partition coefficient (Wildman–Crippen LogP) is 4.23. The van der Waals surface area contributed by atoms with Gasteiger partial charge < -0.3 is 9.47 Å². The van der Waals surface area contributed by atoms with Crippen molar-refractivity contribution in [1.82, 2.24) is 0 Å². The van der Waals surface area contributed by atoms with Crippen LogP contribution >= 0.6 is 15.9 Å². The van der Waals surface area contributed by atoms with Gasteiger partial charge in [-0.15, -0.1) is 0 Å². The van der Waals surface area contributed by atoms with E-state index in [1.165, 1.54) is 11.1 Å². The largest absolute Gasteiger partial charge is 0.485 e. The maximum Gasteiger partial charge on any atom is 0.171 e. The van der Waals surface area contributed by atoms with Gasteiger partial charge in [0.1, 0.15) is 6.61 Å². The van der Waals surface area contributed by atoms with Crippen LogP contribution in [0.1, 0.15) is 11.1 Å². The fraction of sp³-hybridized carbons (Fsp3) is 0.235. The first-order valence-corrected chi connectivity index (χ1v) is 7.75. The summed E-state index contributed by atoms with van der Waals surface area (Å²) in [6, 6.07) is 12.0. The van der Waals surface area contributed by atoms with Crippen molar-refractivity contribution in [2.45, 2.75) is 19.4 Å². The van der Waals surface area contributed by atoms with Crippen molar-refractivity contribution in [3.8, 4) is 11.5 Å². The fourth-order valence-corrected chi connectivity index (χ4v) is 3.07. The lowest BCUT2D eigenvalue weighted by atomic mass is 10.0. The number of hydrogen-bond acceptors (Lipinski definition) is 3. The fourth-order valence-electron chi connectivity index (χ4n) is 2.74. The molecule has 2 aromatic rings. The average Bonchev–Trinajstić information content (AvgIpc) is 2.90. The summed E-state index contributed by atoms with van der Waals surface area (Å²) in [7, 11) is 0. The molecule has 0 spiro atoms. The maximum absolute atomic E-state index is 6.04. The third-order valence-electron chi connectivity index (χ3n) is 3.88. The Hall–Kier alpha value is -1.81. The van der Waals surface area contributed by atoms with Crippen LogP contribution < -0.4 is 9.47 Å². The van der Waals surface area contributed by atoms with Gasteiger partial charge in [0.2, 0.25) is 0 Å². The monoisotopic (exact) mass is 343 g/mol. The Bertz CT molecular complexity index is 754. The van der Waals surface area contributed by atoms with Crippen LogP contribution in [-0.4, -0.2) is 18.4 Å². The molecule has 0 fully saturated rings. The molecule has 0 saturated heterocycles. The Morgan fingerprint density at radius 3 is 2.86 bits per heavy atom. The van der Waals surface area contributed by atoms with E-state index < -0.39 is 0 Å². The van der Waals surface area contributed by atoms with E-state index in [0.29, 0.717) is 6.61 Å². The quantitative estimate of drug-likeness (QED) is 0.775. The molecule has 2 aromatic carbocycles. The molecule has 106 valence electrons. The molecule has 2 aliphatic rings. The van der Waals surface area contributed by atoms with Gasteiger partial charge in [0.15, 0.2) is 17.6 Å². The summed E-state index contributed by atoms with van der Waals surface area (Å²) in [5.41, 5.74) is 4.56. The summed E-state index contributed by atoms with van der Waals surface area (Å²) in [5, 5.41) is 0. The first-order chi connectivity index (χ1) is 10.2. The van der Waals surface area contributed by atoms with Gasteiger partial charge in [-0.25, -0.2) is 0 Å². The number of nitrogens with zero attached hydrogens (tertiary/aromatic N) is 1. The average molecular weight is 344 g/mol. The van der Waals surface area contributed by atoms with Gasteiger partial charge in [-0.2, -0.15) is 0 Å². The number of hydrogen-bond donors (Lipinski definition) is 0. The van der Waals surface area contributed by atoms with E-state index in [0.717, 1.165) is 33.8 Å². The second-order valence-electron chi connectivity index (χ2n) is 5.37. The van der Waals surface area contributed by atoms with Crippen LogP contribution in [0.5, 0.6) is 11.5 Å². The molecule has 0 saturated carbocycles. The molecule has 1 atom stereocenters. The number of fused-ring (bicyclic) bond motifs is 2. The minimum Gasteiger partial charge on any atom is -0.485 e. The molecule has 2 heterocycles. The van der Waals surface area contributed by atoms with E-state index in [9.17, 15) is 0 Å². The number of halogens is 1. The summed E-state index contributed by atoms with van der Waals surface area (Å²) >= 11 is 3.56. The van der Waals surface area contributed by atoms with Crippen LogP contribution in [0.3, 0.4) is 0 Å². The number of aliphatic imine (C=N–C) groups is 1. The second kappa shape index (κ2) is 4.88. The van der Waals surface area contributed by atoms with Crippen molar-refractivity contribution in [3.05, 3.63) is 52.0 Å². The summed E-state index contributed by atoms with van der Waals surface area (Å²) in [5.74, 6) is 1.60. The minimum absolute atomic E-state index is 0.105. The van der Waals surface area contributed by atoms with Crippen molar-refractivity contribution in [2.75, 3.05) is 6.61 Å². The third-order valence-corrected chi connectivity index (χ3v) is 4.73. The molecule has 0 aromatic heterocycles. The van der Waals surface area contributed by atoms with Gasteiger partial charge in [-0.3, -0.25) is 4.99 Å². The smallest absolute Gasteiger partial charge is 0.171 e. The standard InChI is InChI=1S/C17H14BrNO2/c1-10-6-11-7-14(19-13(11)8-12(10)18)17-9-20-15-4-2-3-5-16(15)21-17/h2-6,8,17H,7,9H2,1H3. The summed E-state index contributed by atoms with van der Waals surface area (Å²) in [4.78, 5) is 4.73. The van der Waals surface area contributed by atoms with Crippen molar-refractivity contribution in [1.29, 1.82) is 0 Å². The lowest BCUT2D eigenvalue weighted by molar-refractivity contribution is 0.134. The summed E-state index contributed by atoms with van der Waals surface area (Å²) in [6.45, 7) is 2.61. The van der Waals surface area contributed by atoms with Gasteiger partial charge >= 0.3 is 0 Å². The van der Waals surface area contributed by atoms with Crippen LogP contribution in [0.2, 0.25) is 0 Å². The van der Waals surface area contributed by atoms with E-state index >= 15 is 0 Å². The van der Waals surface area contributed by atoms with Crippen LogP contribution in [0.4, 0.5) is 5.69 Å². The molecule has 0 N–H and O–H groups in total. The van der Waals surface area contributed by atoms with Crippen LogP contribution in [0.25, 0.3) is 0 Å². The molecule has 1 unspecified atom stereocenters. The molecular weight excluding hydrogens is 330 g/mol. The van der Waals surface area contributed by atoms with Crippen LogP contribution in [-0.2, 0) is 6.42 Å². The molecule has 0 aliphatic carbocycles. The van der Waals surface area contributed by atoms with Crippen LogP contribution in [0.15, 0.2) is 45.9 Å². The maximum atomic E-state index is 6.04. The van der Waals surface area contributed by atoms with E-state index in [1.807, 2.05) is 24.3 Å². The second-order valence-corrected chi connectivity index (χ2v) is 6.23. The molecule has 0 amide bonds. The molecule has 2 aliphatic heterocycles. The van der Waals surface area contributed by atoms with E-state index in [4.69, 9.17) is 14.5 Å². The van der Waals surface area contributed by atoms with Gasteiger partial charge in [-0.05, 0) is 36.2 Å². The van der Waals surface area contributed by atoms with Crippen molar-refractivity contribution < 1.29 is 9.47 Å². The SMILES string of the molecule is Cc1cc2c(cc1Br)N=C(C1COc3ccccc3O1)C2. The molecule has 0 radical (unpaired) electrons. The highest BCUT2D eigenvalue weighted by Crippen LogP contribution is 2.36. The topological polar surface area (TPSA) is 30.8 Å². The first kappa shape index (κ1) is 12.9. The Morgan fingerprint density at radius 1 is 1.19 bits per heavy atom. The van der Waals surface area contributed by atoms with Crippen molar-refractivity contribution >= 4 is 27.3 Å².